The van der Waals surface area contributed by atoms with Gasteiger partial charge < -0.3 is 5.32 Å². The number of hydrogen-bond donors (Lipinski definition) is 1. The van der Waals surface area contributed by atoms with Crippen LogP contribution in [0.25, 0.3) is 0 Å². The Bertz CT molecular complexity index is 544. The van der Waals surface area contributed by atoms with Gasteiger partial charge >= 0.3 is 0 Å². The lowest BCUT2D eigenvalue weighted by Gasteiger charge is -2.17. The number of carbonyl (C=O) groups excluding carboxylic acids is 1. The first kappa shape index (κ1) is 16.0. The third-order valence-corrected chi connectivity index (χ3v) is 3.89. The zero-order valence-electron chi connectivity index (χ0n) is 11.2. The van der Waals surface area contributed by atoms with Gasteiger partial charge in [-0.25, -0.2) is 8.42 Å². The Balaban J connectivity index is 2.61. The molecule has 19 heavy (non-hydrogen) atoms. The first-order chi connectivity index (χ1) is 8.58. The largest absolute Gasteiger partial charge is 0.326 e. The molecule has 0 fully saturated rings. The second kappa shape index (κ2) is 5.92. The lowest BCUT2D eigenvalue weighted by atomic mass is 9.90. The molecule has 0 aliphatic rings. The average molecular weight is 304 g/mol. The number of amides is 1. The molecule has 106 valence electrons. The zero-order valence-corrected chi connectivity index (χ0v) is 12.8. The SMILES string of the molecule is CC(C)(C)CCC(=O)Nc1ccc(S(=O)(=O)Cl)cc1. The summed E-state index contributed by atoms with van der Waals surface area (Å²) in [6.45, 7) is 6.21. The van der Waals surface area contributed by atoms with Crippen LogP contribution in [-0.2, 0) is 13.8 Å². The molecule has 0 aliphatic carbocycles. The van der Waals surface area contributed by atoms with Crippen LogP contribution in [0.4, 0.5) is 5.69 Å². The van der Waals surface area contributed by atoms with Gasteiger partial charge in [0, 0.05) is 22.8 Å². The summed E-state index contributed by atoms with van der Waals surface area (Å²) in [6.07, 6.45) is 1.21. The fourth-order valence-corrected chi connectivity index (χ4v) is 2.18. The number of anilines is 1. The molecule has 1 aromatic rings. The van der Waals surface area contributed by atoms with E-state index in [0.29, 0.717) is 12.1 Å². The van der Waals surface area contributed by atoms with Gasteiger partial charge in [0.25, 0.3) is 9.05 Å². The van der Waals surface area contributed by atoms with Gasteiger partial charge in [-0.3, -0.25) is 4.79 Å². The predicted octanol–water partition coefficient (Wildman–Crippen LogP) is 3.38. The quantitative estimate of drug-likeness (QED) is 0.867. The number of carbonyl (C=O) groups is 1. The summed E-state index contributed by atoms with van der Waals surface area (Å²) in [5.74, 6) is -0.0867. The molecule has 0 spiro atoms. The Morgan fingerprint density at radius 1 is 1.21 bits per heavy atom. The molecule has 0 aromatic heterocycles. The van der Waals surface area contributed by atoms with Crippen molar-refractivity contribution >= 4 is 31.3 Å². The standard InChI is InChI=1S/C13H18ClNO3S/c1-13(2,3)9-8-12(16)15-10-4-6-11(7-5-10)19(14,17)18/h4-7H,8-9H2,1-3H3,(H,15,16). The molecule has 0 unspecified atom stereocenters. The van der Waals surface area contributed by atoms with Crippen molar-refractivity contribution in [1.29, 1.82) is 0 Å². The summed E-state index contributed by atoms with van der Waals surface area (Å²) in [4.78, 5) is 11.7. The van der Waals surface area contributed by atoms with Crippen LogP contribution in [-0.4, -0.2) is 14.3 Å². The third kappa shape index (κ3) is 6.07. The normalized spacial score (nSPS) is 12.2. The van der Waals surface area contributed by atoms with E-state index in [1.165, 1.54) is 24.3 Å². The molecule has 0 radical (unpaired) electrons. The maximum atomic E-state index is 11.7. The van der Waals surface area contributed by atoms with Crippen LogP contribution in [0.2, 0.25) is 0 Å². The highest BCUT2D eigenvalue weighted by Gasteiger charge is 2.13. The first-order valence-electron chi connectivity index (χ1n) is 5.92. The van der Waals surface area contributed by atoms with Crippen LogP contribution in [0.1, 0.15) is 33.6 Å². The summed E-state index contributed by atoms with van der Waals surface area (Å²) in [7, 11) is 1.48. The molecule has 1 aromatic carbocycles. The van der Waals surface area contributed by atoms with Crippen molar-refractivity contribution in [3.8, 4) is 0 Å². The zero-order chi connectivity index (χ0) is 14.7. The summed E-state index contributed by atoms with van der Waals surface area (Å²) in [6, 6.07) is 5.76. The van der Waals surface area contributed by atoms with Gasteiger partial charge in [-0.15, -0.1) is 0 Å². The molecular weight excluding hydrogens is 286 g/mol. The fourth-order valence-electron chi connectivity index (χ4n) is 1.41. The Morgan fingerprint density at radius 3 is 2.16 bits per heavy atom. The van der Waals surface area contributed by atoms with Crippen LogP contribution in [0, 0.1) is 5.41 Å². The highest BCUT2D eigenvalue weighted by Crippen LogP contribution is 2.21. The molecular formula is C13H18ClNO3S. The maximum absolute atomic E-state index is 11.7. The molecule has 0 atom stereocenters. The molecule has 0 bridgehead atoms. The highest BCUT2D eigenvalue weighted by atomic mass is 35.7. The molecule has 0 heterocycles. The van der Waals surface area contributed by atoms with Crippen molar-refractivity contribution in [2.45, 2.75) is 38.5 Å². The minimum atomic E-state index is -3.72. The van der Waals surface area contributed by atoms with Crippen LogP contribution < -0.4 is 5.32 Å². The lowest BCUT2D eigenvalue weighted by molar-refractivity contribution is -0.116. The number of benzene rings is 1. The van der Waals surface area contributed by atoms with Crippen molar-refractivity contribution in [3.63, 3.8) is 0 Å². The predicted molar refractivity (Wildman–Crippen MR) is 76.8 cm³/mol. The van der Waals surface area contributed by atoms with Crippen LogP contribution >= 0.6 is 10.7 Å². The van der Waals surface area contributed by atoms with E-state index in [9.17, 15) is 13.2 Å². The molecule has 4 nitrogen and oxygen atoms in total. The average Bonchev–Trinajstić information content (AvgIpc) is 2.25. The van der Waals surface area contributed by atoms with Crippen molar-refractivity contribution in [1.82, 2.24) is 0 Å². The monoisotopic (exact) mass is 303 g/mol. The van der Waals surface area contributed by atoms with Crippen LogP contribution in [0.15, 0.2) is 29.2 Å². The summed E-state index contributed by atoms with van der Waals surface area (Å²) < 4.78 is 22.1. The van der Waals surface area contributed by atoms with Crippen molar-refractivity contribution in [3.05, 3.63) is 24.3 Å². The summed E-state index contributed by atoms with van der Waals surface area (Å²) in [5, 5.41) is 2.72. The molecule has 0 aliphatic heterocycles. The molecule has 0 saturated carbocycles. The highest BCUT2D eigenvalue weighted by molar-refractivity contribution is 8.13. The van der Waals surface area contributed by atoms with E-state index in [-0.39, 0.29) is 16.2 Å². The van der Waals surface area contributed by atoms with Crippen LogP contribution in [0.5, 0.6) is 0 Å². The number of rotatable bonds is 4. The van der Waals surface area contributed by atoms with Crippen molar-refractivity contribution < 1.29 is 13.2 Å². The molecule has 1 rings (SSSR count). The van der Waals surface area contributed by atoms with Gasteiger partial charge in [0.05, 0.1) is 4.90 Å². The van der Waals surface area contributed by atoms with Gasteiger partial charge in [-0.2, -0.15) is 0 Å². The summed E-state index contributed by atoms with van der Waals surface area (Å²) >= 11 is 0. The Labute approximate surface area is 118 Å². The van der Waals surface area contributed by atoms with E-state index in [4.69, 9.17) is 10.7 Å². The van der Waals surface area contributed by atoms with Gasteiger partial charge in [0.2, 0.25) is 5.91 Å². The second-order valence-corrected chi connectivity index (χ2v) is 8.14. The Kier molecular flexibility index (Phi) is 4.98. The molecule has 6 heteroatoms. The topological polar surface area (TPSA) is 63.2 Å². The van der Waals surface area contributed by atoms with E-state index in [2.05, 4.69) is 26.1 Å². The van der Waals surface area contributed by atoms with E-state index in [0.717, 1.165) is 6.42 Å². The van der Waals surface area contributed by atoms with E-state index >= 15 is 0 Å². The third-order valence-electron chi connectivity index (χ3n) is 2.52. The molecule has 1 amide bonds. The minimum Gasteiger partial charge on any atom is -0.326 e. The Morgan fingerprint density at radius 2 is 1.74 bits per heavy atom. The first-order valence-corrected chi connectivity index (χ1v) is 8.23. The molecule has 0 saturated heterocycles. The maximum Gasteiger partial charge on any atom is 0.261 e. The fraction of sp³-hybridized carbons (Fsp3) is 0.462. The van der Waals surface area contributed by atoms with Gasteiger partial charge in [0.1, 0.15) is 0 Å². The minimum absolute atomic E-state index is 0.0156. The Hall–Kier alpha value is -1.07. The van der Waals surface area contributed by atoms with Crippen molar-refractivity contribution in [2.75, 3.05) is 5.32 Å². The van der Waals surface area contributed by atoms with E-state index in [1.807, 2.05) is 0 Å². The van der Waals surface area contributed by atoms with Crippen LogP contribution in [0.3, 0.4) is 0 Å². The second-order valence-electron chi connectivity index (χ2n) is 5.57. The van der Waals surface area contributed by atoms with Gasteiger partial charge in [-0.1, -0.05) is 20.8 Å². The smallest absolute Gasteiger partial charge is 0.261 e. The number of hydrogen-bond acceptors (Lipinski definition) is 3. The van der Waals surface area contributed by atoms with Gasteiger partial charge in [0.15, 0.2) is 0 Å². The van der Waals surface area contributed by atoms with E-state index in [1.54, 1.807) is 0 Å². The van der Waals surface area contributed by atoms with Gasteiger partial charge in [-0.05, 0) is 36.1 Å². The van der Waals surface area contributed by atoms with E-state index < -0.39 is 9.05 Å². The summed E-state index contributed by atoms with van der Waals surface area (Å²) in [5.41, 5.74) is 0.663. The van der Waals surface area contributed by atoms with Crippen molar-refractivity contribution in [2.24, 2.45) is 5.41 Å². The molecule has 1 N–H and O–H groups in total. The number of nitrogens with one attached hydrogen (secondary N) is 1. The lowest BCUT2D eigenvalue weighted by Crippen LogP contribution is -2.15. The number of halogens is 1.